The van der Waals surface area contributed by atoms with Crippen molar-refractivity contribution in [2.75, 3.05) is 13.2 Å². The molecule has 16 heavy (non-hydrogen) atoms. The highest BCUT2D eigenvalue weighted by Crippen LogP contribution is 2.17. The van der Waals surface area contributed by atoms with Gasteiger partial charge < -0.3 is 15.0 Å². The van der Waals surface area contributed by atoms with E-state index in [1.807, 2.05) is 0 Å². The lowest BCUT2D eigenvalue weighted by atomic mass is 10.0. The number of aromatic nitrogens is 2. The molecule has 1 aromatic heterocycles. The third-order valence-electron chi connectivity index (χ3n) is 2.83. The maximum Gasteiger partial charge on any atom is 0.226 e. The molecule has 5 nitrogen and oxygen atoms in total. The molecule has 1 atom stereocenters. The van der Waals surface area contributed by atoms with Gasteiger partial charge in [0.2, 0.25) is 5.89 Å². The lowest BCUT2D eigenvalue weighted by molar-refractivity contribution is 0.0104. The quantitative estimate of drug-likeness (QED) is 0.811. The van der Waals surface area contributed by atoms with Crippen molar-refractivity contribution in [3.8, 4) is 0 Å². The van der Waals surface area contributed by atoms with Crippen LogP contribution in [0.1, 0.15) is 37.4 Å². The Morgan fingerprint density at radius 2 is 2.25 bits per heavy atom. The highest BCUT2D eigenvalue weighted by Gasteiger charge is 2.15. The van der Waals surface area contributed by atoms with Gasteiger partial charge in [0.15, 0.2) is 5.82 Å². The van der Waals surface area contributed by atoms with Gasteiger partial charge in [-0.3, -0.25) is 0 Å². The molecule has 0 spiro atoms. The number of nitrogens with two attached hydrogens (primary N) is 1. The van der Waals surface area contributed by atoms with Gasteiger partial charge in [0.05, 0.1) is 6.10 Å². The number of rotatable bonds is 5. The first kappa shape index (κ1) is 11.5. The molecular formula is C11H19N3O2. The maximum atomic E-state index is 5.64. The van der Waals surface area contributed by atoms with Gasteiger partial charge in [-0.1, -0.05) is 5.16 Å². The summed E-state index contributed by atoms with van der Waals surface area (Å²) in [6.45, 7) is 1.46. The highest BCUT2D eigenvalue weighted by atomic mass is 16.5. The van der Waals surface area contributed by atoms with E-state index < -0.39 is 0 Å². The van der Waals surface area contributed by atoms with Gasteiger partial charge in [-0.15, -0.1) is 0 Å². The van der Waals surface area contributed by atoms with E-state index in [1.165, 1.54) is 12.8 Å². The molecule has 1 aromatic rings. The summed E-state index contributed by atoms with van der Waals surface area (Å²) >= 11 is 0. The van der Waals surface area contributed by atoms with Crippen LogP contribution in [-0.4, -0.2) is 29.4 Å². The maximum absolute atomic E-state index is 5.64. The summed E-state index contributed by atoms with van der Waals surface area (Å²) in [4.78, 5) is 4.27. The van der Waals surface area contributed by atoms with Crippen molar-refractivity contribution >= 4 is 0 Å². The Labute approximate surface area is 95.3 Å². The van der Waals surface area contributed by atoms with Gasteiger partial charge in [0.1, 0.15) is 0 Å². The number of hydrogen-bond donors (Lipinski definition) is 1. The summed E-state index contributed by atoms with van der Waals surface area (Å²) in [7, 11) is 0. The van der Waals surface area contributed by atoms with Crippen molar-refractivity contribution in [2.24, 2.45) is 5.73 Å². The fourth-order valence-corrected chi connectivity index (χ4v) is 1.94. The average Bonchev–Trinajstić information content (AvgIpc) is 2.76. The molecule has 2 rings (SSSR count). The lowest BCUT2D eigenvalue weighted by Gasteiger charge is -2.21. The van der Waals surface area contributed by atoms with E-state index in [4.69, 9.17) is 15.0 Å². The van der Waals surface area contributed by atoms with Crippen LogP contribution < -0.4 is 5.73 Å². The summed E-state index contributed by atoms with van der Waals surface area (Å²) < 4.78 is 10.8. The van der Waals surface area contributed by atoms with Crippen LogP contribution in [0.5, 0.6) is 0 Å². The molecule has 0 amide bonds. The summed E-state index contributed by atoms with van der Waals surface area (Å²) in [5, 5.41) is 3.86. The summed E-state index contributed by atoms with van der Waals surface area (Å²) in [5.41, 5.74) is 5.42. The molecule has 90 valence electrons. The smallest absolute Gasteiger partial charge is 0.226 e. The number of hydrogen-bond acceptors (Lipinski definition) is 5. The van der Waals surface area contributed by atoms with E-state index in [1.54, 1.807) is 0 Å². The molecule has 1 aliphatic rings. The molecule has 2 N–H and O–H groups in total. The highest BCUT2D eigenvalue weighted by molar-refractivity contribution is 4.87. The Morgan fingerprint density at radius 3 is 3.00 bits per heavy atom. The molecule has 0 saturated carbocycles. The van der Waals surface area contributed by atoms with Crippen LogP contribution in [0.3, 0.4) is 0 Å². The minimum Gasteiger partial charge on any atom is -0.378 e. The van der Waals surface area contributed by atoms with Gasteiger partial charge >= 0.3 is 0 Å². The summed E-state index contributed by atoms with van der Waals surface area (Å²) in [6, 6.07) is 0. The summed E-state index contributed by atoms with van der Waals surface area (Å²) in [6.07, 6.45) is 6.46. The van der Waals surface area contributed by atoms with E-state index in [2.05, 4.69) is 10.1 Å². The normalized spacial score (nSPS) is 21.2. The zero-order valence-corrected chi connectivity index (χ0v) is 9.52. The van der Waals surface area contributed by atoms with Crippen molar-refractivity contribution in [3.63, 3.8) is 0 Å². The zero-order valence-electron chi connectivity index (χ0n) is 9.52. The summed E-state index contributed by atoms with van der Waals surface area (Å²) in [5.74, 6) is 1.42. The number of aryl methyl sites for hydroxylation is 1. The predicted octanol–water partition coefficient (Wildman–Crippen LogP) is 1.07. The largest absolute Gasteiger partial charge is 0.378 e. The molecule has 5 heteroatoms. The standard InChI is InChI=1S/C11H19N3O2/c12-7-6-10-13-11(16-14-10)5-4-9-3-1-2-8-15-9/h9H,1-8,12H2. The van der Waals surface area contributed by atoms with Crippen LogP contribution in [0.15, 0.2) is 4.52 Å². The van der Waals surface area contributed by atoms with Crippen LogP contribution >= 0.6 is 0 Å². The molecule has 1 fully saturated rings. The molecule has 1 saturated heterocycles. The number of nitrogens with zero attached hydrogens (tertiary/aromatic N) is 2. The van der Waals surface area contributed by atoms with E-state index in [9.17, 15) is 0 Å². The Kier molecular flexibility index (Phi) is 4.30. The fourth-order valence-electron chi connectivity index (χ4n) is 1.94. The van der Waals surface area contributed by atoms with Gasteiger partial charge in [-0.25, -0.2) is 0 Å². The number of ether oxygens (including phenoxy) is 1. The SMILES string of the molecule is NCCc1noc(CCC2CCCCO2)n1. The lowest BCUT2D eigenvalue weighted by Crippen LogP contribution is -2.19. The van der Waals surface area contributed by atoms with Gasteiger partial charge in [-0.2, -0.15) is 4.98 Å². The van der Waals surface area contributed by atoms with Crippen LogP contribution in [0, 0.1) is 0 Å². The minimum atomic E-state index is 0.374. The van der Waals surface area contributed by atoms with Crippen LogP contribution in [0.2, 0.25) is 0 Å². The first-order chi connectivity index (χ1) is 7.88. The molecule has 0 radical (unpaired) electrons. The topological polar surface area (TPSA) is 74.2 Å². The van der Waals surface area contributed by atoms with Gasteiger partial charge in [-0.05, 0) is 32.2 Å². The first-order valence-electron chi connectivity index (χ1n) is 6.01. The van der Waals surface area contributed by atoms with Crippen molar-refractivity contribution in [3.05, 3.63) is 11.7 Å². The molecule has 0 aromatic carbocycles. The second-order valence-electron chi connectivity index (χ2n) is 4.17. The second kappa shape index (κ2) is 5.96. The van der Waals surface area contributed by atoms with Crippen LogP contribution in [0.25, 0.3) is 0 Å². The zero-order chi connectivity index (χ0) is 11.2. The van der Waals surface area contributed by atoms with E-state index in [0.29, 0.717) is 30.8 Å². The van der Waals surface area contributed by atoms with E-state index >= 15 is 0 Å². The fraction of sp³-hybridized carbons (Fsp3) is 0.818. The van der Waals surface area contributed by atoms with Gasteiger partial charge in [0, 0.05) is 19.4 Å². The molecule has 2 heterocycles. The Hall–Kier alpha value is -0.940. The second-order valence-corrected chi connectivity index (χ2v) is 4.17. The van der Waals surface area contributed by atoms with E-state index in [-0.39, 0.29) is 0 Å². The Bertz CT molecular complexity index is 308. The molecular weight excluding hydrogens is 206 g/mol. The first-order valence-corrected chi connectivity index (χ1v) is 6.01. The predicted molar refractivity (Wildman–Crippen MR) is 59.0 cm³/mol. The van der Waals surface area contributed by atoms with Crippen molar-refractivity contribution < 1.29 is 9.26 Å². The minimum absolute atomic E-state index is 0.374. The third kappa shape index (κ3) is 3.28. The van der Waals surface area contributed by atoms with Crippen molar-refractivity contribution in [1.29, 1.82) is 0 Å². The molecule has 1 aliphatic heterocycles. The van der Waals surface area contributed by atoms with Crippen LogP contribution in [-0.2, 0) is 17.6 Å². The van der Waals surface area contributed by atoms with Crippen LogP contribution in [0.4, 0.5) is 0 Å². The molecule has 1 unspecified atom stereocenters. The Morgan fingerprint density at radius 1 is 1.31 bits per heavy atom. The Balaban J connectivity index is 1.75. The monoisotopic (exact) mass is 225 g/mol. The van der Waals surface area contributed by atoms with Crippen molar-refractivity contribution in [1.82, 2.24) is 10.1 Å². The molecule has 0 bridgehead atoms. The van der Waals surface area contributed by atoms with Gasteiger partial charge in [0.25, 0.3) is 0 Å². The average molecular weight is 225 g/mol. The van der Waals surface area contributed by atoms with Crippen molar-refractivity contribution in [2.45, 2.75) is 44.6 Å². The van der Waals surface area contributed by atoms with E-state index in [0.717, 1.165) is 25.9 Å². The third-order valence-corrected chi connectivity index (χ3v) is 2.83. The molecule has 0 aliphatic carbocycles.